The topological polar surface area (TPSA) is 48.3 Å². The van der Waals surface area contributed by atoms with Gasteiger partial charge in [0.05, 0.1) is 6.61 Å². The highest BCUT2D eigenvalue weighted by Gasteiger charge is 2.21. The van der Waals surface area contributed by atoms with Crippen molar-refractivity contribution in [2.24, 2.45) is 0 Å². The lowest BCUT2D eigenvalue weighted by Gasteiger charge is -2.10. The van der Waals surface area contributed by atoms with Crippen LogP contribution in [0.1, 0.15) is 18.8 Å². The van der Waals surface area contributed by atoms with Crippen molar-refractivity contribution in [2.45, 2.75) is 20.1 Å². The molecule has 0 spiro atoms. The molecular formula is C10H12FNO3. The monoisotopic (exact) mass is 213 g/mol. The number of hydrogen-bond acceptors (Lipinski definition) is 3. The van der Waals surface area contributed by atoms with Crippen molar-refractivity contribution in [3.63, 3.8) is 0 Å². The zero-order valence-electron chi connectivity index (χ0n) is 8.57. The number of carbonyl (C=O) groups is 1. The molecule has 0 aliphatic rings. The Morgan fingerprint density at radius 2 is 2.33 bits per heavy atom. The van der Waals surface area contributed by atoms with Crippen LogP contribution in [0.2, 0.25) is 0 Å². The van der Waals surface area contributed by atoms with Gasteiger partial charge in [-0.25, -0.2) is 9.18 Å². The maximum absolute atomic E-state index is 13.4. The molecule has 0 radical (unpaired) electrons. The average Bonchev–Trinajstić information content (AvgIpc) is 2.17. The second-order valence-corrected chi connectivity index (χ2v) is 3.04. The molecule has 1 heterocycles. The van der Waals surface area contributed by atoms with E-state index in [-0.39, 0.29) is 6.61 Å². The highest BCUT2D eigenvalue weighted by Crippen LogP contribution is 2.07. The Balaban J connectivity index is 2.96. The van der Waals surface area contributed by atoms with E-state index in [1.165, 1.54) is 12.3 Å². The van der Waals surface area contributed by atoms with E-state index in [4.69, 9.17) is 0 Å². The second kappa shape index (κ2) is 4.72. The van der Waals surface area contributed by atoms with Crippen molar-refractivity contribution in [3.05, 3.63) is 34.2 Å². The quantitative estimate of drug-likeness (QED) is 0.708. The fourth-order valence-corrected chi connectivity index (χ4v) is 1.10. The molecule has 0 aromatic carbocycles. The summed E-state index contributed by atoms with van der Waals surface area (Å²) in [6.45, 7) is 3.37. The van der Waals surface area contributed by atoms with E-state index in [1.807, 2.05) is 0 Å². The van der Waals surface area contributed by atoms with Crippen molar-refractivity contribution in [3.8, 4) is 0 Å². The smallest absolute Gasteiger partial charge is 0.362 e. The molecule has 0 N–H and O–H groups in total. The summed E-state index contributed by atoms with van der Waals surface area (Å²) in [6.07, 6.45) is -0.836. The second-order valence-electron chi connectivity index (χ2n) is 3.04. The molecule has 82 valence electrons. The molecule has 1 atom stereocenters. The van der Waals surface area contributed by atoms with Gasteiger partial charge in [-0.3, -0.25) is 9.36 Å². The number of aromatic nitrogens is 1. The molecule has 0 fully saturated rings. The fraction of sp³-hybridized carbons (Fsp3) is 0.400. The molecule has 1 aromatic rings. The summed E-state index contributed by atoms with van der Waals surface area (Å²) in [5, 5.41) is 0. The van der Waals surface area contributed by atoms with Gasteiger partial charge in [-0.15, -0.1) is 0 Å². The Hall–Kier alpha value is -1.65. The number of rotatable bonds is 3. The first kappa shape index (κ1) is 11.4. The highest BCUT2D eigenvalue weighted by molar-refractivity contribution is 5.72. The summed E-state index contributed by atoms with van der Waals surface area (Å²) in [7, 11) is 0. The fourth-order valence-electron chi connectivity index (χ4n) is 1.10. The van der Waals surface area contributed by atoms with Crippen molar-refractivity contribution in [1.29, 1.82) is 0 Å². The van der Waals surface area contributed by atoms with Gasteiger partial charge < -0.3 is 4.74 Å². The van der Waals surface area contributed by atoms with Gasteiger partial charge in [0.1, 0.15) is 0 Å². The van der Waals surface area contributed by atoms with E-state index in [0.717, 1.165) is 0 Å². The first-order valence-electron chi connectivity index (χ1n) is 4.55. The van der Waals surface area contributed by atoms with Crippen LogP contribution < -0.4 is 5.56 Å². The molecule has 0 aliphatic heterocycles. The van der Waals surface area contributed by atoms with Crippen LogP contribution >= 0.6 is 0 Å². The van der Waals surface area contributed by atoms with E-state index < -0.39 is 17.8 Å². The summed E-state index contributed by atoms with van der Waals surface area (Å²) in [5.41, 5.74) is 0.155. The molecule has 5 heteroatoms. The molecule has 0 bridgehead atoms. The third kappa shape index (κ3) is 2.65. The van der Waals surface area contributed by atoms with Crippen LogP contribution in [-0.2, 0) is 9.53 Å². The van der Waals surface area contributed by atoms with Crippen LogP contribution in [-0.4, -0.2) is 17.1 Å². The van der Waals surface area contributed by atoms with E-state index in [2.05, 4.69) is 4.74 Å². The maximum atomic E-state index is 13.4. The summed E-state index contributed by atoms with van der Waals surface area (Å²) < 4.78 is 18.6. The van der Waals surface area contributed by atoms with Crippen LogP contribution in [0.3, 0.4) is 0 Å². The van der Waals surface area contributed by atoms with Crippen LogP contribution in [0, 0.1) is 6.92 Å². The van der Waals surface area contributed by atoms with Gasteiger partial charge in [-0.1, -0.05) is 0 Å². The first-order valence-corrected chi connectivity index (χ1v) is 4.55. The molecule has 15 heavy (non-hydrogen) atoms. The van der Waals surface area contributed by atoms with E-state index in [9.17, 15) is 14.0 Å². The summed E-state index contributed by atoms with van der Waals surface area (Å²) in [4.78, 5) is 22.3. The van der Waals surface area contributed by atoms with Gasteiger partial charge >= 0.3 is 5.97 Å². The molecule has 1 aromatic heterocycles. The van der Waals surface area contributed by atoms with E-state index >= 15 is 0 Å². The largest absolute Gasteiger partial charge is 0.462 e. The van der Waals surface area contributed by atoms with Gasteiger partial charge in [0.2, 0.25) is 0 Å². The van der Waals surface area contributed by atoms with Gasteiger partial charge in [-0.05, 0) is 25.5 Å². The van der Waals surface area contributed by atoms with Gasteiger partial charge in [0.25, 0.3) is 11.9 Å². The van der Waals surface area contributed by atoms with E-state index in [1.54, 1.807) is 19.9 Å². The number of ether oxygens (including phenoxy) is 1. The summed E-state index contributed by atoms with van der Waals surface area (Å²) in [6, 6.07) is 2.80. The molecule has 1 rings (SSSR count). The Kier molecular flexibility index (Phi) is 3.60. The summed E-state index contributed by atoms with van der Waals surface area (Å²) >= 11 is 0. The average molecular weight is 213 g/mol. The minimum Gasteiger partial charge on any atom is -0.462 e. The normalized spacial score (nSPS) is 12.2. The minimum atomic E-state index is -2.07. The third-order valence-corrected chi connectivity index (χ3v) is 1.83. The SMILES string of the molecule is CCOC(=O)C(F)n1ccc(C)cc1=O. The highest BCUT2D eigenvalue weighted by atomic mass is 19.1. The van der Waals surface area contributed by atoms with Crippen LogP contribution in [0.15, 0.2) is 23.1 Å². The lowest BCUT2D eigenvalue weighted by molar-refractivity contribution is -0.153. The minimum absolute atomic E-state index is 0.0832. The first-order chi connectivity index (χ1) is 7.06. The van der Waals surface area contributed by atoms with Crippen LogP contribution in [0.5, 0.6) is 0 Å². The van der Waals surface area contributed by atoms with Crippen LogP contribution in [0.25, 0.3) is 0 Å². The predicted molar refractivity (Wildman–Crippen MR) is 52.2 cm³/mol. The maximum Gasteiger partial charge on any atom is 0.362 e. The number of nitrogens with zero attached hydrogens (tertiary/aromatic N) is 1. The van der Waals surface area contributed by atoms with Crippen molar-refractivity contribution in [2.75, 3.05) is 6.61 Å². The lowest BCUT2D eigenvalue weighted by atomic mass is 10.3. The molecule has 0 amide bonds. The summed E-state index contributed by atoms with van der Waals surface area (Å²) in [5.74, 6) is -1.05. The van der Waals surface area contributed by atoms with Gasteiger partial charge in [0.15, 0.2) is 0 Å². The van der Waals surface area contributed by atoms with Crippen molar-refractivity contribution in [1.82, 2.24) is 4.57 Å². The predicted octanol–water partition coefficient (Wildman–Crippen LogP) is 1.19. The van der Waals surface area contributed by atoms with Crippen molar-refractivity contribution >= 4 is 5.97 Å². The zero-order valence-corrected chi connectivity index (χ0v) is 8.57. The van der Waals surface area contributed by atoms with E-state index in [0.29, 0.717) is 10.1 Å². The Morgan fingerprint density at radius 3 is 2.87 bits per heavy atom. The number of alkyl halides is 1. The lowest BCUT2D eigenvalue weighted by Crippen LogP contribution is -2.27. The standard InChI is InChI=1S/C10H12FNO3/c1-3-15-10(14)9(11)12-5-4-7(2)6-8(12)13/h4-6,9H,3H2,1-2H3. The van der Waals surface area contributed by atoms with Gasteiger partial charge in [0, 0.05) is 12.3 Å². The zero-order chi connectivity index (χ0) is 11.4. The number of carbonyl (C=O) groups excluding carboxylic acids is 1. The molecule has 4 nitrogen and oxygen atoms in total. The number of aryl methyl sites for hydroxylation is 1. The molecule has 0 aliphatic carbocycles. The van der Waals surface area contributed by atoms with Gasteiger partial charge in [-0.2, -0.15) is 0 Å². The molecule has 0 saturated heterocycles. The molecule has 0 saturated carbocycles. The Morgan fingerprint density at radius 1 is 1.67 bits per heavy atom. The van der Waals surface area contributed by atoms with Crippen molar-refractivity contribution < 1.29 is 13.9 Å². The number of hydrogen-bond donors (Lipinski definition) is 0. The Labute approximate surface area is 86.3 Å². The number of halogens is 1. The number of pyridine rings is 1. The Bertz CT molecular complexity index is 413. The number of esters is 1. The third-order valence-electron chi connectivity index (χ3n) is 1.83. The molecular weight excluding hydrogens is 201 g/mol. The van der Waals surface area contributed by atoms with Crippen LogP contribution in [0.4, 0.5) is 4.39 Å². The molecule has 1 unspecified atom stereocenters.